The van der Waals surface area contributed by atoms with E-state index in [9.17, 15) is 4.79 Å². The van der Waals surface area contributed by atoms with Crippen LogP contribution >= 0.6 is 11.3 Å². The van der Waals surface area contributed by atoms with Crippen molar-refractivity contribution in [1.29, 1.82) is 0 Å². The highest BCUT2D eigenvalue weighted by atomic mass is 32.1. The summed E-state index contributed by atoms with van der Waals surface area (Å²) in [6, 6.07) is 3.32. The summed E-state index contributed by atoms with van der Waals surface area (Å²) in [6.45, 7) is 3.35. The quantitative estimate of drug-likeness (QED) is 0.938. The summed E-state index contributed by atoms with van der Waals surface area (Å²) < 4.78 is 11.1. The van der Waals surface area contributed by atoms with E-state index in [4.69, 9.17) is 9.47 Å². The van der Waals surface area contributed by atoms with Crippen LogP contribution in [0, 0.1) is 6.92 Å². The third-order valence-corrected chi connectivity index (χ3v) is 4.12. The molecule has 2 aromatic rings. The van der Waals surface area contributed by atoms with Crippen LogP contribution in [0.1, 0.15) is 28.1 Å². The Hall–Kier alpha value is -1.99. The SMILES string of the molecule is Cc1cnc(NC(=O)c2ccnc(OC3CCOCC3)c2)s1. The number of thiazole rings is 1. The summed E-state index contributed by atoms with van der Waals surface area (Å²) in [5, 5.41) is 3.36. The van der Waals surface area contributed by atoms with Crippen LogP contribution in [-0.4, -0.2) is 35.2 Å². The summed E-state index contributed by atoms with van der Waals surface area (Å²) in [4.78, 5) is 21.6. The molecule has 0 saturated carbocycles. The summed E-state index contributed by atoms with van der Waals surface area (Å²) in [5.74, 6) is 0.253. The Balaban J connectivity index is 1.66. The molecule has 1 fully saturated rings. The number of hydrogen-bond acceptors (Lipinski definition) is 6. The number of aryl methyl sites for hydroxylation is 1. The molecule has 6 nitrogen and oxygen atoms in total. The highest BCUT2D eigenvalue weighted by molar-refractivity contribution is 7.15. The molecule has 1 aliphatic heterocycles. The molecule has 0 bridgehead atoms. The average Bonchev–Trinajstić information content (AvgIpc) is 2.93. The van der Waals surface area contributed by atoms with Crippen molar-refractivity contribution >= 4 is 22.4 Å². The molecule has 7 heteroatoms. The normalized spacial score (nSPS) is 15.5. The van der Waals surface area contributed by atoms with Crippen molar-refractivity contribution in [3.63, 3.8) is 0 Å². The van der Waals surface area contributed by atoms with Crippen LogP contribution < -0.4 is 10.1 Å². The maximum Gasteiger partial charge on any atom is 0.257 e. The van der Waals surface area contributed by atoms with Gasteiger partial charge < -0.3 is 9.47 Å². The van der Waals surface area contributed by atoms with E-state index in [1.54, 1.807) is 24.5 Å². The van der Waals surface area contributed by atoms with Crippen molar-refractivity contribution < 1.29 is 14.3 Å². The molecule has 0 atom stereocenters. The van der Waals surface area contributed by atoms with Gasteiger partial charge in [-0.1, -0.05) is 0 Å². The van der Waals surface area contributed by atoms with E-state index in [1.165, 1.54) is 11.3 Å². The second-order valence-electron chi connectivity index (χ2n) is 5.04. The summed E-state index contributed by atoms with van der Waals surface area (Å²) in [5.41, 5.74) is 0.505. The Morgan fingerprint density at radius 3 is 2.95 bits per heavy atom. The fraction of sp³-hybridized carbons (Fsp3) is 0.400. The predicted octanol–water partition coefficient (Wildman–Crippen LogP) is 2.66. The Labute approximate surface area is 132 Å². The number of amides is 1. The molecule has 1 N–H and O–H groups in total. The maximum absolute atomic E-state index is 12.2. The lowest BCUT2D eigenvalue weighted by molar-refractivity contribution is 0.0237. The molecule has 2 aromatic heterocycles. The first-order chi connectivity index (χ1) is 10.7. The largest absolute Gasteiger partial charge is 0.474 e. The third-order valence-electron chi connectivity index (χ3n) is 3.29. The van der Waals surface area contributed by atoms with Crippen molar-refractivity contribution in [3.8, 4) is 5.88 Å². The zero-order valence-electron chi connectivity index (χ0n) is 12.2. The number of ether oxygens (including phenoxy) is 2. The van der Waals surface area contributed by atoms with E-state index in [0.717, 1.165) is 17.7 Å². The first-order valence-corrected chi connectivity index (χ1v) is 7.96. The molecule has 1 saturated heterocycles. The van der Waals surface area contributed by atoms with Gasteiger partial charge in [-0.05, 0) is 13.0 Å². The Kier molecular flexibility index (Phi) is 4.65. The lowest BCUT2D eigenvalue weighted by Crippen LogP contribution is -2.26. The summed E-state index contributed by atoms with van der Waals surface area (Å²) in [7, 11) is 0. The highest BCUT2D eigenvalue weighted by Crippen LogP contribution is 2.20. The zero-order valence-corrected chi connectivity index (χ0v) is 13.1. The van der Waals surface area contributed by atoms with Crippen LogP contribution in [0.15, 0.2) is 24.5 Å². The van der Waals surface area contributed by atoms with Gasteiger partial charge in [0.2, 0.25) is 5.88 Å². The number of nitrogens with one attached hydrogen (secondary N) is 1. The molecule has 0 aromatic carbocycles. The van der Waals surface area contributed by atoms with Gasteiger partial charge in [-0.2, -0.15) is 0 Å². The van der Waals surface area contributed by atoms with Crippen LogP contribution in [0.5, 0.6) is 5.88 Å². The van der Waals surface area contributed by atoms with Crippen molar-refractivity contribution in [2.45, 2.75) is 25.9 Å². The fourth-order valence-electron chi connectivity index (χ4n) is 2.16. The molecule has 0 unspecified atom stereocenters. The fourth-order valence-corrected chi connectivity index (χ4v) is 2.82. The van der Waals surface area contributed by atoms with E-state index in [2.05, 4.69) is 15.3 Å². The van der Waals surface area contributed by atoms with Crippen LogP contribution in [0.4, 0.5) is 5.13 Å². The molecule has 3 rings (SSSR count). The van der Waals surface area contributed by atoms with E-state index in [0.29, 0.717) is 29.8 Å². The van der Waals surface area contributed by atoms with Gasteiger partial charge in [0.15, 0.2) is 5.13 Å². The predicted molar refractivity (Wildman–Crippen MR) is 83.5 cm³/mol. The standard InChI is InChI=1S/C15H17N3O3S/c1-10-9-17-15(22-10)18-14(19)11-2-5-16-13(8-11)21-12-3-6-20-7-4-12/h2,5,8-9,12H,3-4,6-7H2,1H3,(H,17,18,19). The van der Waals surface area contributed by atoms with E-state index < -0.39 is 0 Å². The summed E-state index contributed by atoms with van der Waals surface area (Å²) in [6.07, 6.45) is 5.09. The van der Waals surface area contributed by atoms with E-state index in [-0.39, 0.29) is 12.0 Å². The number of nitrogens with zero attached hydrogens (tertiary/aromatic N) is 2. The van der Waals surface area contributed by atoms with Crippen LogP contribution in [0.3, 0.4) is 0 Å². The zero-order chi connectivity index (χ0) is 15.4. The topological polar surface area (TPSA) is 73.3 Å². The van der Waals surface area contributed by atoms with Gasteiger partial charge in [0.05, 0.1) is 13.2 Å². The van der Waals surface area contributed by atoms with Crippen molar-refractivity contribution in [2.24, 2.45) is 0 Å². The van der Waals surface area contributed by atoms with Crippen LogP contribution in [-0.2, 0) is 4.74 Å². The highest BCUT2D eigenvalue weighted by Gasteiger charge is 2.17. The molecule has 0 radical (unpaired) electrons. The van der Waals surface area contributed by atoms with Gasteiger partial charge in [-0.15, -0.1) is 11.3 Å². The molecule has 116 valence electrons. The molecule has 1 aliphatic rings. The van der Waals surface area contributed by atoms with Crippen molar-refractivity contribution in [3.05, 3.63) is 35.0 Å². The Morgan fingerprint density at radius 2 is 2.23 bits per heavy atom. The minimum atomic E-state index is -0.214. The second kappa shape index (κ2) is 6.85. The van der Waals surface area contributed by atoms with E-state index >= 15 is 0 Å². The van der Waals surface area contributed by atoms with Gasteiger partial charge >= 0.3 is 0 Å². The van der Waals surface area contributed by atoms with Gasteiger partial charge in [0.25, 0.3) is 5.91 Å². The number of carbonyl (C=O) groups excluding carboxylic acids is 1. The monoisotopic (exact) mass is 319 g/mol. The molecule has 1 amide bonds. The molecule has 3 heterocycles. The first-order valence-electron chi connectivity index (χ1n) is 7.15. The maximum atomic E-state index is 12.2. The van der Waals surface area contributed by atoms with Gasteiger partial charge in [-0.25, -0.2) is 9.97 Å². The lowest BCUT2D eigenvalue weighted by atomic mass is 10.1. The number of aromatic nitrogens is 2. The van der Waals surface area contributed by atoms with E-state index in [1.807, 2.05) is 6.92 Å². The minimum absolute atomic E-state index is 0.0983. The average molecular weight is 319 g/mol. The number of pyridine rings is 1. The molecular weight excluding hydrogens is 302 g/mol. The van der Waals surface area contributed by atoms with Crippen molar-refractivity contribution in [1.82, 2.24) is 9.97 Å². The second-order valence-corrected chi connectivity index (χ2v) is 6.28. The number of anilines is 1. The number of hydrogen-bond donors (Lipinski definition) is 1. The molecule has 22 heavy (non-hydrogen) atoms. The van der Waals surface area contributed by atoms with Crippen LogP contribution in [0.25, 0.3) is 0 Å². The number of rotatable bonds is 4. The molecule has 0 aliphatic carbocycles. The Morgan fingerprint density at radius 1 is 1.41 bits per heavy atom. The minimum Gasteiger partial charge on any atom is -0.474 e. The summed E-state index contributed by atoms with van der Waals surface area (Å²) >= 11 is 1.44. The van der Waals surface area contributed by atoms with Gasteiger partial charge in [0, 0.05) is 41.7 Å². The third kappa shape index (κ3) is 3.80. The number of carbonyl (C=O) groups is 1. The smallest absolute Gasteiger partial charge is 0.257 e. The van der Waals surface area contributed by atoms with Crippen LogP contribution in [0.2, 0.25) is 0 Å². The first kappa shape index (κ1) is 14.9. The lowest BCUT2D eigenvalue weighted by Gasteiger charge is -2.22. The van der Waals surface area contributed by atoms with Crippen molar-refractivity contribution in [2.75, 3.05) is 18.5 Å². The molecular formula is C15H17N3O3S. The van der Waals surface area contributed by atoms with Gasteiger partial charge in [-0.3, -0.25) is 10.1 Å². The molecule has 0 spiro atoms. The van der Waals surface area contributed by atoms with Gasteiger partial charge in [0.1, 0.15) is 6.10 Å². The Bertz CT molecular complexity index is 653.